The zero-order chi connectivity index (χ0) is 11.5. The van der Waals surface area contributed by atoms with E-state index in [9.17, 15) is 5.11 Å². The summed E-state index contributed by atoms with van der Waals surface area (Å²) in [6.07, 6.45) is 3.11. The van der Waals surface area contributed by atoms with Gasteiger partial charge in [0.25, 0.3) is 0 Å². The van der Waals surface area contributed by atoms with E-state index in [4.69, 9.17) is 11.6 Å². The number of nitrogens with one attached hydrogen (secondary N) is 1. The van der Waals surface area contributed by atoms with Gasteiger partial charge in [0.05, 0.1) is 16.9 Å². The molecule has 0 radical (unpaired) electrons. The van der Waals surface area contributed by atoms with Crippen molar-refractivity contribution in [3.8, 4) is 0 Å². The predicted molar refractivity (Wildman–Crippen MR) is 63.5 cm³/mol. The summed E-state index contributed by atoms with van der Waals surface area (Å²) in [5.41, 5.74) is 0.774. The largest absolute Gasteiger partial charge is 0.386 e. The van der Waals surface area contributed by atoms with E-state index in [1.165, 1.54) is 0 Å². The van der Waals surface area contributed by atoms with Gasteiger partial charge in [0.1, 0.15) is 6.10 Å². The second-order valence-electron chi connectivity index (χ2n) is 4.23. The molecule has 1 aromatic heterocycles. The molecular formula is C11H18ClN3O. The fourth-order valence-electron chi connectivity index (χ4n) is 2.30. The van der Waals surface area contributed by atoms with Gasteiger partial charge in [-0.25, -0.2) is 0 Å². The highest BCUT2D eigenvalue weighted by molar-refractivity contribution is 6.31. The van der Waals surface area contributed by atoms with Gasteiger partial charge in [0.15, 0.2) is 0 Å². The molecule has 1 aliphatic heterocycles. The number of halogens is 1. The minimum absolute atomic E-state index is 0.292. The number of aliphatic hydroxyl groups excluding tert-OH is 1. The van der Waals surface area contributed by atoms with E-state index in [0.29, 0.717) is 10.9 Å². The van der Waals surface area contributed by atoms with Crippen LogP contribution in [-0.2, 0) is 6.54 Å². The number of piperidine rings is 1. The smallest absolute Gasteiger partial charge is 0.100 e. The average Bonchev–Trinajstić information content (AvgIpc) is 2.70. The molecule has 1 aliphatic rings. The first kappa shape index (κ1) is 11.9. The highest BCUT2D eigenvalue weighted by Crippen LogP contribution is 2.32. The Bertz CT molecular complexity index is 347. The number of aromatic nitrogens is 2. The summed E-state index contributed by atoms with van der Waals surface area (Å²) in [7, 11) is 0. The van der Waals surface area contributed by atoms with E-state index in [1.54, 1.807) is 10.9 Å². The van der Waals surface area contributed by atoms with Crippen LogP contribution in [0.3, 0.4) is 0 Å². The van der Waals surface area contributed by atoms with Crippen LogP contribution in [0.5, 0.6) is 0 Å². The molecule has 5 heteroatoms. The van der Waals surface area contributed by atoms with Crippen molar-refractivity contribution in [2.24, 2.45) is 5.92 Å². The quantitative estimate of drug-likeness (QED) is 0.848. The second kappa shape index (κ2) is 5.17. The SMILES string of the molecule is CCn1ncc(Cl)c1C(O)C1CCNCC1. The Hall–Kier alpha value is -0.580. The fraction of sp³-hybridized carbons (Fsp3) is 0.727. The molecule has 1 saturated heterocycles. The van der Waals surface area contributed by atoms with Crippen LogP contribution < -0.4 is 5.32 Å². The molecule has 2 rings (SSSR count). The molecule has 0 amide bonds. The van der Waals surface area contributed by atoms with Crippen molar-refractivity contribution < 1.29 is 5.11 Å². The van der Waals surface area contributed by atoms with Gasteiger partial charge >= 0.3 is 0 Å². The van der Waals surface area contributed by atoms with Crippen LogP contribution in [0, 0.1) is 5.92 Å². The second-order valence-corrected chi connectivity index (χ2v) is 4.63. The lowest BCUT2D eigenvalue weighted by Crippen LogP contribution is -2.31. The summed E-state index contributed by atoms with van der Waals surface area (Å²) < 4.78 is 1.79. The van der Waals surface area contributed by atoms with E-state index in [1.807, 2.05) is 6.92 Å². The topological polar surface area (TPSA) is 50.1 Å². The number of rotatable bonds is 3. The van der Waals surface area contributed by atoms with Crippen molar-refractivity contribution in [3.63, 3.8) is 0 Å². The van der Waals surface area contributed by atoms with Gasteiger partial charge in [-0.15, -0.1) is 0 Å². The number of hydrogen-bond donors (Lipinski definition) is 2. The van der Waals surface area contributed by atoms with Gasteiger partial charge in [-0.1, -0.05) is 11.6 Å². The molecule has 1 fully saturated rings. The first-order valence-corrected chi connectivity index (χ1v) is 6.21. The van der Waals surface area contributed by atoms with Gasteiger partial charge in [0, 0.05) is 6.54 Å². The standard InChI is InChI=1S/C11H18ClN3O/c1-2-15-10(9(12)7-14-15)11(16)8-3-5-13-6-4-8/h7-8,11,13,16H,2-6H2,1H3. The van der Waals surface area contributed by atoms with Crippen LogP contribution in [0.1, 0.15) is 31.6 Å². The molecule has 4 nitrogen and oxygen atoms in total. The lowest BCUT2D eigenvalue weighted by molar-refractivity contribution is 0.0809. The summed E-state index contributed by atoms with van der Waals surface area (Å²) in [4.78, 5) is 0. The molecule has 90 valence electrons. The van der Waals surface area contributed by atoms with Crippen molar-refractivity contribution in [1.82, 2.24) is 15.1 Å². The monoisotopic (exact) mass is 243 g/mol. The summed E-state index contributed by atoms with van der Waals surface area (Å²) in [6, 6.07) is 0. The van der Waals surface area contributed by atoms with Crippen LogP contribution in [0.25, 0.3) is 0 Å². The third kappa shape index (κ3) is 2.24. The van der Waals surface area contributed by atoms with E-state index in [0.717, 1.165) is 38.2 Å². The van der Waals surface area contributed by atoms with Crippen molar-refractivity contribution in [2.75, 3.05) is 13.1 Å². The number of hydrogen-bond acceptors (Lipinski definition) is 3. The zero-order valence-corrected chi connectivity index (χ0v) is 10.2. The maximum absolute atomic E-state index is 10.4. The highest BCUT2D eigenvalue weighted by atomic mass is 35.5. The first-order valence-electron chi connectivity index (χ1n) is 5.84. The maximum Gasteiger partial charge on any atom is 0.100 e. The van der Waals surface area contributed by atoms with Crippen molar-refractivity contribution in [2.45, 2.75) is 32.4 Å². The van der Waals surface area contributed by atoms with E-state index >= 15 is 0 Å². The summed E-state index contributed by atoms with van der Waals surface area (Å²) in [5.74, 6) is 0.292. The van der Waals surface area contributed by atoms with Crippen LogP contribution in [-0.4, -0.2) is 28.0 Å². The predicted octanol–water partition coefficient (Wildman–Crippen LogP) is 1.59. The Morgan fingerprint density at radius 1 is 1.62 bits per heavy atom. The molecule has 1 atom stereocenters. The fourth-order valence-corrected chi connectivity index (χ4v) is 2.55. The van der Waals surface area contributed by atoms with E-state index in [-0.39, 0.29) is 0 Å². The van der Waals surface area contributed by atoms with Crippen LogP contribution in [0.15, 0.2) is 6.20 Å². The normalized spacial score (nSPS) is 19.9. The summed E-state index contributed by atoms with van der Waals surface area (Å²) >= 11 is 6.08. The minimum atomic E-state index is -0.489. The number of aryl methyl sites for hydroxylation is 1. The van der Waals surface area contributed by atoms with Gasteiger partial charge in [0.2, 0.25) is 0 Å². The molecule has 1 unspecified atom stereocenters. The summed E-state index contributed by atoms with van der Waals surface area (Å²) in [6.45, 7) is 4.69. The number of nitrogens with zero attached hydrogens (tertiary/aromatic N) is 2. The van der Waals surface area contributed by atoms with Gasteiger partial charge < -0.3 is 10.4 Å². The maximum atomic E-state index is 10.4. The Morgan fingerprint density at radius 2 is 2.31 bits per heavy atom. The van der Waals surface area contributed by atoms with E-state index < -0.39 is 6.10 Å². The number of aliphatic hydroxyl groups is 1. The lowest BCUT2D eigenvalue weighted by Gasteiger charge is -2.27. The van der Waals surface area contributed by atoms with Crippen molar-refractivity contribution >= 4 is 11.6 Å². The Kier molecular flexibility index (Phi) is 3.84. The Labute approximate surface area is 101 Å². The first-order chi connectivity index (χ1) is 7.74. The lowest BCUT2D eigenvalue weighted by atomic mass is 9.90. The average molecular weight is 244 g/mol. The molecule has 1 aromatic rings. The minimum Gasteiger partial charge on any atom is -0.386 e. The van der Waals surface area contributed by atoms with Crippen LogP contribution in [0.2, 0.25) is 5.02 Å². The van der Waals surface area contributed by atoms with Gasteiger partial charge in [-0.3, -0.25) is 4.68 Å². The zero-order valence-electron chi connectivity index (χ0n) is 9.49. The molecule has 0 saturated carbocycles. The highest BCUT2D eigenvalue weighted by Gasteiger charge is 2.27. The van der Waals surface area contributed by atoms with Crippen molar-refractivity contribution in [3.05, 3.63) is 16.9 Å². The molecular weight excluding hydrogens is 226 g/mol. The van der Waals surface area contributed by atoms with Crippen molar-refractivity contribution in [1.29, 1.82) is 0 Å². The van der Waals surface area contributed by atoms with Gasteiger partial charge in [-0.2, -0.15) is 5.10 Å². The molecule has 2 heterocycles. The molecule has 0 aromatic carbocycles. The molecule has 0 aliphatic carbocycles. The molecule has 0 bridgehead atoms. The van der Waals surface area contributed by atoms with Gasteiger partial charge in [-0.05, 0) is 38.8 Å². The molecule has 0 spiro atoms. The van der Waals surface area contributed by atoms with Crippen LogP contribution >= 0.6 is 11.6 Å². The van der Waals surface area contributed by atoms with E-state index in [2.05, 4.69) is 10.4 Å². The molecule has 2 N–H and O–H groups in total. The third-order valence-electron chi connectivity index (χ3n) is 3.24. The third-order valence-corrected chi connectivity index (χ3v) is 3.53. The molecule has 16 heavy (non-hydrogen) atoms. The Balaban J connectivity index is 2.18. The Morgan fingerprint density at radius 3 is 2.94 bits per heavy atom. The van der Waals surface area contributed by atoms with Crippen LogP contribution in [0.4, 0.5) is 0 Å². The summed E-state index contributed by atoms with van der Waals surface area (Å²) in [5, 5.41) is 18.4.